The summed E-state index contributed by atoms with van der Waals surface area (Å²) in [6.45, 7) is 0. The predicted octanol–water partition coefficient (Wildman–Crippen LogP) is 1.78. The number of aliphatic hydroxyl groups excluding tert-OH is 1. The van der Waals surface area contributed by atoms with Crippen LogP contribution in [-0.4, -0.2) is 37.2 Å². The molecule has 1 aliphatic rings. The predicted molar refractivity (Wildman–Crippen MR) is 68.2 cm³/mol. The van der Waals surface area contributed by atoms with E-state index in [-0.39, 0.29) is 22.3 Å². The Morgan fingerprint density at radius 3 is 2.67 bits per heavy atom. The Morgan fingerprint density at radius 1 is 1.44 bits per heavy atom. The van der Waals surface area contributed by atoms with E-state index in [0.29, 0.717) is 4.47 Å². The Kier molecular flexibility index (Phi) is 3.87. The number of rotatable bonds is 2. The summed E-state index contributed by atoms with van der Waals surface area (Å²) in [4.78, 5) is 0. The molecule has 2 atom stereocenters. The number of benzene rings is 1. The average Bonchev–Trinajstić information content (AvgIpc) is 2.48. The van der Waals surface area contributed by atoms with Gasteiger partial charge in [-0.2, -0.15) is 0 Å². The molecule has 18 heavy (non-hydrogen) atoms. The van der Waals surface area contributed by atoms with Crippen LogP contribution < -0.4 is 4.74 Å². The molecule has 1 fully saturated rings. The van der Waals surface area contributed by atoms with Crippen LogP contribution in [0, 0.1) is 5.82 Å². The smallest absolute Gasteiger partial charge is 0.156 e. The van der Waals surface area contributed by atoms with Gasteiger partial charge in [-0.05, 0) is 22.0 Å². The van der Waals surface area contributed by atoms with Gasteiger partial charge in [0.2, 0.25) is 0 Å². The Labute approximate surface area is 117 Å². The first kappa shape index (κ1) is 14.0. The number of ether oxygens (including phenoxy) is 1. The molecule has 8 heteroatoms. The van der Waals surface area contributed by atoms with Crippen LogP contribution >= 0.6 is 27.5 Å². The van der Waals surface area contributed by atoms with E-state index < -0.39 is 27.9 Å². The van der Waals surface area contributed by atoms with Crippen molar-refractivity contribution in [2.75, 3.05) is 11.5 Å². The van der Waals surface area contributed by atoms with Crippen LogP contribution in [0.5, 0.6) is 5.75 Å². The third-order valence-electron chi connectivity index (χ3n) is 2.53. The third-order valence-corrected chi connectivity index (χ3v) is 5.12. The highest BCUT2D eigenvalue weighted by Crippen LogP contribution is 2.32. The highest BCUT2D eigenvalue weighted by molar-refractivity contribution is 9.10. The standard InChI is InChI=1S/C10H9BrClFO4S/c11-5-1-6(12)7(13)2-9(5)17-10-4-18(15,16)3-8(10)14/h1-2,8,10,14H,3-4H2. The molecule has 100 valence electrons. The lowest BCUT2D eigenvalue weighted by Crippen LogP contribution is -2.29. The van der Waals surface area contributed by atoms with Crippen molar-refractivity contribution in [3.8, 4) is 5.75 Å². The van der Waals surface area contributed by atoms with Crippen molar-refractivity contribution in [3.63, 3.8) is 0 Å². The fourth-order valence-electron chi connectivity index (χ4n) is 1.67. The van der Waals surface area contributed by atoms with Gasteiger partial charge in [-0.1, -0.05) is 11.6 Å². The van der Waals surface area contributed by atoms with Gasteiger partial charge in [-0.15, -0.1) is 0 Å². The van der Waals surface area contributed by atoms with E-state index in [4.69, 9.17) is 16.3 Å². The van der Waals surface area contributed by atoms with Gasteiger partial charge in [-0.3, -0.25) is 0 Å². The first-order valence-electron chi connectivity index (χ1n) is 4.98. The molecule has 1 aromatic rings. The maximum atomic E-state index is 13.3. The molecule has 1 N–H and O–H groups in total. The van der Waals surface area contributed by atoms with E-state index in [1.54, 1.807) is 0 Å². The van der Waals surface area contributed by atoms with Crippen LogP contribution in [0.25, 0.3) is 0 Å². The topological polar surface area (TPSA) is 63.6 Å². The Bertz CT molecular complexity index is 577. The molecule has 0 spiro atoms. The van der Waals surface area contributed by atoms with Crippen molar-refractivity contribution >= 4 is 37.4 Å². The van der Waals surface area contributed by atoms with E-state index in [0.717, 1.165) is 6.07 Å². The number of halogens is 3. The molecule has 0 aromatic heterocycles. The van der Waals surface area contributed by atoms with Crippen LogP contribution in [-0.2, 0) is 9.84 Å². The lowest BCUT2D eigenvalue weighted by molar-refractivity contribution is 0.0731. The normalized spacial score (nSPS) is 26.2. The van der Waals surface area contributed by atoms with Crippen LogP contribution in [0.3, 0.4) is 0 Å². The highest BCUT2D eigenvalue weighted by atomic mass is 79.9. The zero-order valence-corrected chi connectivity index (χ0v) is 12.1. The van der Waals surface area contributed by atoms with Crippen LogP contribution in [0.1, 0.15) is 0 Å². The molecule has 0 bridgehead atoms. The molecule has 2 rings (SSSR count). The fourth-order valence-corrected chi connectivity index (χ4v) is 4.06. The van der Waals surface area contributed by atoms with Crippen molar-refractivity contribution in [1.29, 1.82) is 0 Å². The van der Waals surface area contributed by atoms with Crippen LogP contribution in [0.2, 0.25) is 5.02 Å². The van der Waals surface area contributed by atoms with Crippen molar-refractivity contribution in [3.05, 3.63) is 27.4 Å². The number of aliphatic hydroxyl groups is 1. The van der Waals surface area contributed by atoms with E-state index in [9.17, 15) is 17.9 Å². The van der Waals surface area contributed by atoms with Gasteiger partial charge in [0.25, 0.3) is 0 Å². The molecule has 2 unspecified atom stereocenters. The van der Waals surface area contributed by atoms with Crippen molar-refractivity contribution in [2.45, 2.75) is 12.2 Å². The zero-order chi connectivity index (χ0) is 13.5. The first-order valence-corrected chi connectivity index (χ1v) is 7.97. The van der Waals surface area contributed by atoms with Gasteiger partial charge in [0.1, 0.15) is 23.8 Å². The quantitative estimate of drug-likeness (QED) is 0.818. The lowest BCUT2D eigenvalue weighted by Gasteiger charge is -2.17. The fraction of sp³-hybridized carbons (Fsp3) is 0.400. The Hall–Kier alpha value is -0.370. The summed E-state index contributed by atoms with van der Waals surface area (Å²) in [7, 11) is -3.31. The maximum Gasteiger partial charge on any atom is 0.156 e. The lowest BCUT2D eigenvalue weighted by atomic mass is 10.2. The largest absolute Gasteiger partial charge is 0.485 e. The van der Waals surface area contributed by atoms with Gasteiger partial charge in [0.05, 0.1) is 21.0 Å². The van der Waals surface area contributed by atoms with Crippen LogP contribution in [0.15, 0.2) is 16.6 Å². The molecule has 1 heterocycles. The van der Waals surface area contributed by atoms with Crippen LogP contribution in [0.4, 0.5) is 4.39 Å². The van der Waals surface area contributed by atoms with E-state index in [1.165, 1.54) is 6.07 Å². The molecule has 4 nitrogen and oxygen atoms in total. The second kappa shape index (κ2) is 4.96. The summed E-state index contributed by atoms with van der Waals surface area (Å²) >= 11 is 8.70. The molecule has 0 saturated carbocycles. The third kappa shape index (κ3) is 2.96. The minimum absolute atomic E-state index is 0.0752. The second-order valence-corrected chi connectivity index (χ2v) is 7.41. The molecular formula is C10H9BrClFO4S. The van der Waals surface area contributed by atoms with Gasteiger partial charge < -0.3 is 9.84 Å². The zero-order valence-electron chi connectivity index (χ0n) is 8.94. The summed E-state index contributed by atoms with van der Waals surface area (Å²) in [5.41, 5.74) is 0. The number of hydrogen-bond donors (Lipinski definition) is 1. The van der Waals surface area contributed by atoms with Crippen molar-refractivity contribution < 1.29 is 22.7 Å². The summed E-state index contributed by atoms with van der Waals surface area (Å²) in [5.74, 6) is -1.20. The van der Waals surface area contributed by atoms with Gasteiger partial charge >= 0.3 is 0 Å². The minimum atomic E-state index is -3.31. The van der Waals surface area contributed by atoms with E-state index >= 15 is 0 Å². The van der Waals surface area contributed by atoms with Gasteiger partial charge in [-0.25, -0.2) is 12.8 Å². The highest BCUT2D eigenvalue weighted by Gasteiger charge is 2.38. The monoisotopic (exact) mass is 358 g/mol. The van der Waals surface area contributed by atoms with Gasteiger partial charge in [0.15, 0.2) is 9.84 Å². The van der Waals surface area contributed by atoms with Crippen molar-refractivity contribution in [1.82, 2.24) is 0 Å². The summed E-state index contributed by atoms with van der Waals surface area (Å²) < 4.78 is 41.6. The maximum absolute atomic E-state index is 13.3. The van der Waals surface area contributed by atoms with Gasteiger partial charge in [0, 0.05) is 6.07 Å². The Balaban J connectivity index is 2.23. The Morgan fingerprint density at radius 2 is 2.11 bits per heavy atom. The molecule has 0 radical (unpaired) electrons. The number of hydrogen-bond acceptors (Lipinski definition) is 4. The minimum Gasteiger partial charge on any atom is -0.485 e. The molecule has 1 aromatic carbocycles. The molecular weight excluding hydrogens is 351 g/mol. The molecule has 1 aliphatic heterocycles. The number of sulfone groups is 1. The van der Waals surface area contributed by atoms with E-state index in [1.807, 2.05) is 0 Å². The SMILES string of the molecule is O=S1(=O)CC(O)C(Oc2cc(F)c(Cl)cc2Br)C1. The first-order chi connectivity index (χ1) is 8.28. The molecule has 0 amide bonds. The summed E-state index contributed by atoms with van der Waals surface area (Å²) in [5, 5.41) is 9.49. The van der Waals surface area contributed by atoms with E-state index in [2.05, 4.69) is 15.9 Å². The molecule has 0 aliphatic carbocycles. The van der Waals surface area contributed by atoms with Crippen molar-refractivity contribution in [2.24, 2.45) is 0 Å². The summed E-state index contributed by atoms with van der Waals surface area (Å²) in [6.07, 6.45) is -2.01. The molecule has 1 saturated heterocycles. The average molecular weight is 360 g/mol. The second-order valence-electron chi connectivity index (χ2n) is 4.00. The summed E-state index contributed by atoms with van der Waals surface area (Å²) in [6, 6.07) is 2.35.